The Labute approximate surface area is 163 Å². The van der Waals surface area contributed by atoms with Gasteiger partial charge >= 0.3 is 0 Å². The monoisotopic (exact) mass is 461 g/mol. The first kappa shape index (κ1) is 21.3. The molecule has 25 heavy (non-hydrogen) atoms. The van der Waals surface area contributed by atoms with Crippen molar-refractivity contribution in [1.82, 2.24) is 10.6 Å². The Kier molecular flexibility index (Phi) is 9.36. The molecule has 2 aromatic rings. The van der Waals surface area contributed by atoms with Crippen LogP contribution in [-0.2, 0) is 19.6 Å². The van der Waals surface area contributed by atoms with E-state index < -0.39 is 5.82 Å². The van der Waals surface area contributed by atoms with Crippen LogP contribution in [0, 0.1) is 11.6 Å². The molecule has 0 saturated heterocycles. The Bertz CT molecular complexity index is 710. The normalized spacial score (nSPS) is 11.0. The van der Waals surface area contributed by atoms with Crippen LogP contribution in [-0.4, -0.2) is 24.7 Å². The Morgan fingerprint density at radius 2 is 1.76 bits per heavy atom. The molecule has 0 atom stereocenters. The van der Waals surface area contributed by atoms with Crippen LogP contribution in [0.25, 0.3) is 0 Å². The van der Waals surface area contributed by atoms with Gasteiger partial charge in [-0.3, -0.25) is 4.99 Å². The second-order valence-corrected chi connectivity index (χ2v) is 5.28. The summed E-state index contributed by atoms with van der Waals surface area (Å²) in [6, 6.07) is 11.2. The number of aliphatic hydroxyl groups excluding tert-OH is 1. The number of hydrogen-bond acceptors (Lipinski definition) is 2. The summed E-state index contributed by atoms with van der Waals surface area (Å²) in [6.45, 7) is 0.633. The van der Waals surface area contributed by atoms with E-state index in [0.29, 0.717) is 31.0 Å². The zero-order valence-corrected chi connectivity index (χ0v) is 16.3. The van der Waals surface area contributed by atoms with E-state index in [0.717, 1.165) is 5.56 Å². The number of halogens is 3. The Balaban J connectivity index is 0.00000312. The highest BCUT2D eigenvalue weighted by atomic mass is 127. The highest BCUT2D eigenvalue weighted by Crippen LogP contribution is 2.10. The maximum Gasteiger partial charge on any atom is 0.191 e. The van der Waals surface area contributed by atoms with E-state index in [1.165, 1.54) is 12.1 Å². The van der Waals surface area contributed by atoms with Crippen molar-refractivity contribution in [3.8, 4) is 0 Å². The molecule has 4 nitrogen and oxygen atoms in total. The molecule has 0 aromatic heterocycles. The summed E-state index contributed by atoms with van der Waals surface area (Å²) >= 11 is 0. The predicted molar refractivity (Wildman–Crippen MR) is 106 cm³/mol. The number of nitrogens with one attached hydrogen (secondary N) is 2. The molecule has 0 aliphatic heterocycles. The van der Waals surface area contributed by atoms with Gasteiger partial charge in [0.25, 0.3) is 0 Å². The molecule has 0 amide bonds. The van der Waals surface area contributed by atoms with Gasteiger partial charge in [-0.2, -0.15) is 0 Å². The first-order valence-electron chi connectivity index (χ1n) is 7.70. The molecule has 2 rings (SSSR count). The second kappa shape index (κ2) is 11.0. The first-order chi connectivity index (χ1) is 11.6. The van der Waals surface area contributed by atoms with E-state index in [9.17, 15) is 8.78 Å². The zero-order chi connectivity index (χ0) is 17.4. The van der Waals surface area contributed by atoms with Crippen molar-refractivity contribution in [1.29, 1.82) is 0 Å². The van der Waals surface area contributed by atoms with Crippen LogP contribution < -0.4 is 10.6 Å². The van der Waals surface area contributed by atoms with Gasteiger partial charge in [0.05, 0.1) is 6.61 Å². The fourth-order valence-corrected chi connectivity index (χ4v) is 2.28. The van der Waals surface area contributed by atoms with E-state index in [1.54, 1.807) is 37.4 Å². The van der Waals surface area contributed by atoms with Crippen LogP contribution in [0.4, 0.5) is 8.78 Å². The smallest absolute Gasteiger partial charge is 0.191 e. The highest BCUT2D eigenvalue weighted by molar-refractivity contribution is 14.0. The van der Waals surface area contributed by atoms with Crippen molar-refractivity contribution >= 4 is 29.9 Å². The number of hydrogen-bond donors (Lipinski definition) is 3. The molecule has 0 aliphatic rings. The minimum absolute atomic E-state index is 0. The molecule has 0 bridgehead atoms. The van der Waals surface area contributed by atoms with Crippen molar-refractivity contribution in [2.75, 3.05) is 13.6 Å². The highest BCUT2D eigenvalue weighted by Gasteiger charge is 2.04. The average molecular weight is 461 g/mol. The van der Waals surface area contributed by atoms with E-state index in [1.807, 2.05) is 0 Å². The molecule has 3 N–H and O–H groups in total. The van der Waals surface area contributed by atoms with Gasteiger partial charge < -0.3 is 15.7 Å². The lowest BCUT2D eigenvalue weighted by Crippen LogP contribution is -2.37. The van der Waals surface area contributed by atoms with Crippen molar-refractivity contribution in [3.05, 3.63) is 70.8 Å². The molecule has 0 saturated carbocycles. The van der Waals surface area contributed by atoms with Crippen LogP contribution in [0.5, 0.6) is 0 Å². The molecule has 0 fully saturated rings. The van der Waals surface area contributed by atoms with Crippen molar-refractivity contribution in [2.45, 2.75) is 19.6 Å². The number of aliphatic imine (C=N–C) groups is 1. The summed E-state index contributed by atoms with van der Waals surface area (Å²) in [4.78, 5) is 4.09. The maximum absolute atomic E-state index is 13.5. The number of aliphatic hydroxyl groups is 1. The third kappa shape index (κ3) is 6.58. The van der Waals surface area contributed by atoms with Gasteiger partial charge in [-0.05, 0) is 35.7 Å². The number of guanidine groups is 1. The molecule has 2 aromatic carbocycles. The van der Waals surface area contributed by atoms with E-state index in [2.05, 4.69) is 15.6 Å². The third-order valence-electron chi connectivity index (χ3n) is 3.61. The predicted octanol–water partition coefficient (Wildman–Crippen LogP) is 2.98. The van der Waals surface area contributed by atoms with Crippen LogP contribution in [0.2, 0.25) is 0 Å². The van der Waals surface area contributed by atoms with Gasteiger partial charge in [0, 0.05) is 25.7 Å². The molecular formula is C18H22F2IN3O. The van der Waals surface area contributed by atoms with Crippen LogP contribution in [0.15, 0.2) is 47.5 Å². The standard InChI is InChI=1S/C18H21F2N3O.HI/c1-21-18(22-9-8-14-4-2-3-5-16(14)19)23-11-13-6-7-17(20)15(10-13)12-24;/h2-7,10,24H,8-9,11-12H2,1H3,(H2,21,22,23);1H. The van der Waals surface area contributed by atoms with Gasteiger partial charge in [-0.15, -0.1) is 24.0 Å². The number of benzene rings is 2. The quantitative estimate of drug-likeness (QED) is 0.352. The molecule has 0 unspecified atom stereocenters. The fraction of sp³-hybridized carbons (Fsp3) is 0.278. The van der Waals surface area contributed by atoms with Crippen molar-refractivity contribution in [3.63, 3.8) is 0 Å². The van der Waals surface area contributed by atoms with Crippen LogP contribution >= 0.6 is 24.0 Å². The van der Waals surface area contributed by atoms with E-state index in [4.69, 9.17) is 5.11 Å². The average Bonchev–Trinajstić information content (AvgIpc) is 2.60. The molecule has 0 aliphatic carbocycles. The van der Waals surface area contributed by atoms with E-state index >= 15 is 0 Å². The minimum atomic E-state index is -0.423. The first-order valence-corrected chi connectivity index (χ1v) is 7.70. The maximum atomic E-state index is 13.5. The number of nitrogens with zero attached hydrogens (tertiary/aromatic N) is 1. The lowest BCUT2D eigenvalue weighted by Gasteiger charge is -2.13. The molecule has 0 radical (unpaired) electrons. The molecule has 7 heteroatoms. The molecule has 0 spiro atoms. The van der Waals surface area contributed by atoms with Gasteiger partial charge in [-0.1, -0.05) is 24.3 Å². The summed E-state index contributed by atoms with van der Waals surface area (Å²) < 4.78 is 26.9. The van der Waals surface area contributed by atoms with Crippen molar-refractivity contribution < 1.29 is 13.9 Å². The summed E-state index contributed by atoms with van der Waals surface area (Å²) in [5, 5.41) is 15.3. The number of rotatable bonds is 6. The molecular weight excluding hydrogens is 439 g/mol. The topological polar surface area (TPSA) is 56.7 Å². The Morgan fingerprint density at radius 1 is 1.04 bits per heavy atom. The summed E-state index contributed by atoms with van der Waals surface area (Å²) in [5.41, 5.74) is 1.74. The minimum Gasteiger partial charge on any atom is -0.392 e. The van der Waals surface area contributed by atoms with Gasteiger partial charge in [0.1, 0.15) is 11.6 Å². The van der Waals surface area contributed by atoms with E-state index in [-0.39, 0.29) is 42.0 Å². The van der Waals surface area contributed by atoms with Crippen LogP contribution in [0.3, 0.4) is 0 Å². The fourth-order valence-electron chi connectivity index (χ4n) is 2.28. The third-order valence-corrected chi connectivity index (χ3v) is 3.61. The summed E-state index contributed by atoms with van der Waals surface area (Å²) in [7, 11) is 1.64. The summed E-state index contributed by atoms with van der Waals surface area (Å²) in [5.74, 6) is -0.0695. The van der Waals surface area contributed by atoms with Gasteiger partial charge in [0.2, 0.25) is 0 Å². The zero-order valence-electron chi connectivity index (χ0n) is 13.9. The Hall–Kier alpha value is -1.74. The summed E-state index contributed by atoms with van der Waals surface area (Å²) in [6.07, 6.45) is 0.540. The lowest BCUT2D eigenvalue weighted by molar-refractivity contribution is 0.275. The van der Waals surface area contributed by atoms with Gasteiger partial charge in [-0.25, -0.2) is 8.78 Å². The lowest BCUT2D eigenvalue weighted by atomic mass is 10.1. The SMILES string of the molecule is CN=C(NCCc1ccccc1F)NCc1ccc(F)c(CO)c1.I. The molecule has 136 valence electrons. The van der Waals surface area contributed by atoms with Crippen LogP contribution in [0.1, 0.15) is 16.7 Å². The van der Waals surface area contributed by atoms with Gasteiger partial charge in [0.15, 0.2) is 5.96 Å². The molecule has 0 heterocycles. The Morgan fingerprint density at radius 3 is 2.44 bits per heavy atom. The second-order valence-electron chi connectivity index (χ2n) is 5.28. The largest absolute Gasteiger partial charge is 0.392 e. The van der Waals surface area contributed by atoms with Crippen molar-refractivity contribution in [2.24, 2.45) is 4.99 Å².